The zero-order chi connectivity index (χ0) is 15.5. The summed E-state index contributed by atoms with van der Waals surface area (Å²) in [5.41, 5.74) is 0.433. The Morgan fingerprint density at radius 2 is 1.86 bits per heavy atom. The number of alkyl halides is 3. The lowest BCUT2D eigenvalue weighted by atomic mass is 9.99. The van der Waals surface area contributed by atoms with Crippen LogP contribution < -0.4 is 5.32 Å². The summed E-state index contributed by atoms with van der Waals surface area (Å²) in [5.74, 6) is -0.485. The highest BCUT2D eigenvalue weighted by molar-refractivity contribution is 6.31. The lowest BCUT2D eigenvalue weighted by Crippen LogP contribution is -2.45. The van der Waals surface area contributed by atoms with E-state index < -0.39 is 24.5 Å². The summed E-state index contributed by atoms with van der Waals surface area (Å²) in [7, 11) is 0. The van der Waals surface area contributed by atoms with Crippen LogP contribution in [0.4, 0.5) is 17.6 Å². The maximum absolute atomic E-state index is 13.4. The van der Waals surface area contributed by atoms with Crippen LogP contribution in [0.3, 0.4) is 0 Å². The van der Waals surface area contributed by atoms with E-state index in [4.69, 9.17) is 11.6 Å². The molecule has 0 aromatic heterocycles. The van der Waals surface area contributed by atoms with Gasteiger partial charge in [-0.25, -0.2) is 4.39 Å². The Morgan fingerprint density at radius 1 is 1.23 bits per heavy atom. The van der Waals surface area contributed by atoms with Crippen LogP contribution in [0.2, 0.25) is 5.02 Å². The molecule has 1 heterocycles. The second kappa shape index (κ2) is 8.34. The first kappa shape index (κ1) is 19.5. The van der Waals surface area contributed by atoms with Crippen LogP contribution in [-0.4, -0.2) is 37.3 Å². The quantitative estimate of drug-likeness (QED) is 0.809. The minimum atomic E-state index is -4.23. The molecule has 1 saturated heterocycles. The molecule has 0 spiro atoms. The molecule has 1 fully saturated rings. The van der Waals surface area contributed by atoms with Gasteiger partial charge in [-0.15, -0.1) is 12.4 Å². The minimum Gasteiger partial charge on any atom is -0.314 e. The number of piperazine rings is 1. The Labute approximate surface area is 138 Å². The number of hydrogen-bond donors (Lipinski definition) is 1. The van der Waals surface area contributed by atoms with Crippen molar-refractivity contribution in [2.75, 3.05) is 26.2 Å². The van der Waals surface area contributed by atoms with E-state index in [-0.39, 0.29) is 18.8 Å². The molecule has 126 valence electrons. The van der Waals surface area contributed by atoms with Gasteiger partial charge in [0.05, 0.1) is 0 Å². The predicted molar refractivity (Wildman–Crippen MR) is 81.1 cm³/mol. The zero-order valence-electron chi connectivity index (χ0n) is 11.8. The average Bonchev–Trinajstić information content (AvgIpc) is 2.43. The van der Waals surface area contributed by atoms with Gasteiger partial charge in [0, 0.05) is 43.7 Å². The molecular weight excluding hydrogens is 343 g/mol. The topological polar surface area (TPSA) is 15.3 Å². The molecular formula is C14H18Cl2F4N2. The van der Waals surface area contributed by atoms with Gasteiger partial charge in [-0.3, -0.25) is 4.90 Å². The third-order valence-corrected chi connectivity index (χ3v) is 3.95. The highest BCUT2D eigenvalue weighted by Crippen LogP contribution is 2.35. The fourth-order valence-corrected chi connectivity index (χ4v) is 2.84. The number of halogens is 6. The molecule has 1 aromatic carbocycles. The maximum atomic E-state index is 13.4. The lowest BCUT2D eigenvalue weighted by molar-refractivity contribution is -0.138. The number of nitrogens with one attached hydrogen (secondary N) is 1. The molecule has 1 aromatic rings. The van der Waals surface area contributed by atoms with E-state index in [1.54, 1.807) is 0 Å². The van der Waals surface area contributed by atoms with E-state index >= 15 is 0 Å². The third kappa shape index (κ3) is 5.57. The van der Waals surface area contributed by atoms with Gasteiger partial charge < -0.3 is 5.32 Å². The van der Waals surface area contributed by atoms with Crippen LogP contribution in [0.1, 0.15) is 24.4 Å². The first-order valence-corrected chi connectivity index (χ1v) is 7.21. The van der Waals surface area contributed by atoms with Crippen molar-refractivity contribution in [1.82, 2.24) is 10.2 Å². The summed E-state index contributed by atoms with van der Waals surface area (Å²) < 4.78 is 51.1. The first-order chi connectivity index (χ1) is 9.87. The van der Waals surface area contributed by atoms with Crippen molar-refractivity contribution in [2.45, 2.75) is 25.1 Å². The monoisotopic (exact) mass is 360 g/mol. The van der Waals surface area contributed by atoms with Crippen molar-refractivity contribution in [3.05, 3.63) is 34.6 Å². The van der Waals surface area contributed by atoms with E-state index in [0.29, 0.717) is 36.8 Å². The minimum absolute atomic E-state index is 0. The van der Waals surface area contributed by atoms with Crippen LogP contribution in [0.15, 0.2) is 18.2 Å². The second-order valence-electron chi connectivity index (χ2n) is 5.12. The van der Waals surface area contributed by atoms with Crippen molar-refractivity contribution >= 4 is 24.0 Å². The van der Waals surface area contributed by atoms with Crippen molar-refractivity contribution in [2.24, 2.45) is 0 Å². The van der Waals surface area contributed by atoms with E-state index in [2.05, 4.69) is 5.32 Å². The predicted octanol–water partition coefficient (Wildman–Crippen LogP) is 4.19. The van der Waals surface area contributed by atoms with Gasteiger partial charge in [0.2, 0.25) is 0 Å². The van der Waals surface area contributed by atoms with Crippen molar-refractivity contribution in [1.29, 1.82) is 0 Å². The summed E-state index contributed by atoms with van der Waals surface area (Å²) in [4.78, 5) is 1.93. The molecule has 1 N–H and O–H groups in total. The molecule has 1 atom stereocenters. The molecule has 0 aliphatic carbocycles. The number of rotatable bonds is 4. The Morgan fingerprint density at radius 3 is 2.45 bits per heavy atom. The van der Waals surface area contributed by atoms with Gasteiger partial charge in [-0.2, -0.15) is 13.2 Å². The largest absolute Gasteiger partial charge is 0.389 e. The summed E-state index contributed by atoms with van der Waals surface area (Å²) in [5, 5.41) is 3.46. The van der Waals surface area contributed by atoms with Gasteiger partial charge in [0.1, 0.15) is 5.82 Å². The molecule has 22 heavy (non-hydrogen) atoms. The summed E-state index contributed by atoms with van der Waals surface area (Å²) in [6, 6.07) is 3.34. The molecule has 0 saturated carbocycles. The fraction of sp³-hybridized carbons (Fsp3) is 0.571. The number of hydrogen-bond acceptors (Lipinski definition) is 2. The first-order valence-electron chi connectivity index (χ1n) is 6.83. The highest BCUT2D eigenvalue weighted by atomic mass is 35.5. The highest BCUT2D eigenvalue weighted by Gasteiger charge is 2.32. The Hall–Kier alpha value is -0.560. The normalized spacial score (nSPS) is 17.9. The molecule has 1 aliphatic heterocycles. The molecule has 2 rings (SSSR count). The lowest BCUT2D eigenvalue weighted by Gasteiger charge is -2.36. The van der Waals surface area contributed by atoms with E-state index in [0.717, 1.165) is 0 Å². The van der Waals surface area contributed by atoms with E-state index in [1.807, 2.05) is 4.90 Å². The molecule has 2 nitrogen and oxygen atoms in total. The Bertz CT molecular complexity index is 476. The SMILES string of the molecule is Cl.Fc1ccc(Cl)c([C@H](CCC(F)(F)F)N2CCNCC2)c1. The number of benzene rings is 1. The second-order valence-corrected chi connectivity index (χ2v) is 5.53. The van der Waals surface area contributed by atoms with Crippen molar-refractivity contribution in [3.8, 4) is 0 Å². The van der Waals surface area contributed by atoms with E-state index in [9.17, 15) is 17.6 Å². The summed E-state index contributed by atoms with van der Waals surface area (Å²) in [6.07, 6.45) is -5.26. The van der Waals surface area contributed by atoms with Crippen LogP contribution in [-0.2, 0) is 0 Å². The van der Waals surface area contributed by atoms with Crippen LogP contribution >= 0.6 is 24.0 Å². The van der Waals surface area contributed by atoms with Crippen LogP contribution in [0.5, 0.6) is 0 Å². The molecule has 0 bridgehead atoms. The summed E-state index contributed by atoms with van der Waals surface area (Å²) >= 11 is 6.07. The fourth-order valence-electron chi connectivity index (χ4n) is 2.60. The van der Waals surface area contributed by atoms with Gasteiger partial charge in [-0.05, 0) is 30.2 Å². The van der Waals surface area contributed by atoms with Crippen LogP contribution in [0.25, 0.3) is 0 Å². The van der Waals surface area contributed by atoms with Gasteiger partial charge in [0.25, 0.3) is 0 Å². The molecule has 0 unspecified atom stereocenters. The van der Waals surface area contributed by atoms with E-state index in [1.165, 1.54) is 18.2 Å². The van der Waals surface area contributed by atoms with Crippen molar-refractivity contribution in [3.63, 3.8) is 0 Å². The molecule has 0 radical (unpaired) electrons. The molecule has 8 heteroatoms. The Kier molecular flexibility index (Phi) is 7.38. The zero-order valence-corrected chi connectivity index (χ0v) is 13.4. The van der Waals surface area contributed by atoms with Gasteiger partial charge in [-0.1, -0.05) is 11.6 Å². The maximum Gasteiger partial charge on any atom is 0.389 e. The van der Waals surface area contributed by atoms with Crippen molar-refractivity contribution < 1.29 is 17.6 Å². The standard InChI is InChI=1S/C14H17ClF4N2.ClH/c15-12-2-1-10(16)9-11(12)13(3-4-14(17,18)19)21-7-5-20-6-8-21;/h1-2,9,13,20H,3-8H2;1H/t13-;/m0./s1. The van der Waals surface area contributed by atoms with Crippen LogP contribution in [0, 0.1) is 5.82 Å². The summed E-state index contributed by atoms with van der Waals surface area (Å²) in [6.45, 7) is 2.65. The molecule has 1 aliphatic rings. The average molecular weight is 361 g/mol. The Balaban J connectivity index is 0.00000242. The molecule has 0 amide bonds. The third-order valence-electron chi connectivity index (χ3n) is 3.61. The van der Waals surface area contributed by atoms with Gasteiger partial charge >= 0.3 is 6.18 Å². The number of nitrogens with zero attached hydrogens (tertiary/aromatic N) is 1. The smallest absolute Gasteiger partial charge is 0.314 e. The van der Waals surface area contributed by atoms with Gasteiger partial charge in [0.15, 0.2) is 0 Å².